The van der Waals surface area contributed by atoms with Gasteiger partial charge in [-0.1, -0.05) is 11.6 Å². The Morgan fingerprint density at radius 1 is 1.50 bits per heavy atom. The standard InChI is InChI=1S/C14H18ClNO5S/c1-14(6-3-7-21-14)9-16(2)22(19,20)10-4-5-11(13(17)18)12(15)8-10/h4-5,8H,3,6-7,9H2,1-2H3,(H,17,18). The molecular weight excluding hydrogens is 330 g/mol. The van der Waals surface area contributed by atoms with Crippen LogP contribution in [0.15, 0.2) is 23.1 Å². The number of benzene rings is 1. The van der Waals surface area contributed by atoms with Gasteiger partial charge >= 0.3 is 5.97 Å². The lowest BCUT2D eigenvalue weighted by Crippen LogP contribution is -2.41. The SMILES string of the molecule is CN(CC1(C)CCCO1)S(=O)(=O)c1ccc(C(=O)O)c(Cl)c1. The summed E-state index contributed by atoms with van der Waals surface area (Å²) >= 11 is 5.84. The van der Waals surface area contributed by atoms with Gasteiger partial charge in [0.25, 0.3) is 0 Å². The summed E-state index contributed by atoms with van der Waals surface area (Å²) in [7, 11) is -2.28. The summed E-state index contributed by atoms with van der Waals surface area (Å²) in [6.45, 7) is 2.74. The smallest absolute Gasteiger partial charge is 0.337 e. The monoisotopic (exact) mass is 347 g/mol. The number of carbonyl (C=O) groups is 1. The van der Waals surface area contributed by atoms with Crippen LogP contribution >= 0.6 is 11.6 Å². The van der Waals surface area contributed by atoms with E-state index in [1.165, 1.54) is 23.5 Å². The van der Waals surface area contributed by atoms with E-state index >= 15 is 0 Å². The Bertz CT molecular complexity index is 682. The van der Waals surface area contributed by atoms with Gasteiger partial charge in [-0.25, -0.2) is 13.2 Å². The lowest BCUT2D eigenvalue weighted by atomic mass is 10.0. The first-order chi connectivity index (χ1) is 10.2. The molecule has 1 fully saturated rings. The van der Waals surface area contributed by atoms with Crippen LogP contribution in [0.1, 0.15) is 30.1 Å². The number of aromatic carboxylic acids is 1. The third-order valence-corrected chi connectivity index (χ3v) is 5.85. The van der Waals surface area contributed by atoms with E-state index < -0.39 is 21.6 Å². The van der Waals surface area contributed by atoms with E-state index in [-0.39, 0.29) is 22.0 Å². The van der Waals surface area contributed by atoms with E-state index in [1.54, 1.807) is 0 Å². The maximum absolute atomic E-state index is 12.6. The minimum atomic E-state index is -3.75. The van der Waals surface area contributed by atoms with Gasteiger partial charge in [0, 0.05) is 20.2 Å². The zero-order chi connectivity index (χ0) is 16.5. The van der Waals surface area contributed by atoms with E-state index in [4.69, 9.17) is 21.4 Å². The zero-order valence-electron chi connectivity index (χ0n) is 12.4. The molecule has 0 spiro atoms. The Kier molecular flexibility index (Phi) is 4.81. The van der Waals surface area contributed by atoms with Gasteiger partial charge in [0.1, 0.15) is 0 Å². The number of carboxylic acids is 1. The molecule has 0 amide bonds. The number of rotatable bonds is 5. The van der Waals surface area contributed by atoms with E-state index in [1.807, 2.05) is 6.92 Å². The predicted molar refractivity (Wildman–Crippen MR) is 81.8 cm³/mol. The lowest BCUT2D eigenvalue weighted by Gasteiger charge is -2.28. The predicted octanol–water partition coefficient (Wildman–Crippen LogP) is 2.23. The topological polar surface area (TPSA) is 83.9 Å². The fourth-order valence-electron chi connectivity index (χ4n) is 2.53. The van der Waals surface area contributed by atoms with Gasteiger partial charge in [0.05, 0.1) is 21.1 Å². The lowest BCUT2D eigenvalue weighted by molar-refractivity contribution is 0.00965. The van der Waals surface area contributed by atoms with E-state index in [2.05, 4.69) is 0 Å². The van der Waals surface area contributed by atoms with Crippen LogP contribution in [0.2, 0.25) is 5.02 Å². The molecular formula is C14H18ClNO5S. The fourth-order valence-corrected chi connectivity index (χ4v) is 4.16. The number of nitrogens with zero attached hydrogens (tertiary/aromatic N) is 1. The molecule has 1 aliphatic rings. The van der Waals surface area contributed by atoms with Crippen LogP contribution in [0.4, 0.5) is 0 Å². The molecule has 0 bridgehead atoms. The highest BCUT2D eigenvalue weighted by Gasteiger charge is 2.35. The molecule has 1 aliphatic heterocycles. The minimum absolute atomic E-state index is 0.0356. The van der Waals surface area contributed by atoms with Crippen molar-refractivity contribution in [2.24, 2.45) is 0 Å². The van der Waals surface area contributed by atoms with Crippen LogP contribution in [0.5, 0.6) is 0 Å². The third kappa shape index (κ3) is 3.43. The van der Waals surface area contributed by atoms with Gasteiger partial charge in [-0.05, 0) is 38.0 Å². The molecule has 0 aromatic heterocycles. The fraction of sp³-hybridized carbons (Fsp3) is 0.500. The summed E-state index contributed by atoms with van der Waals surface area (Å²) < 4.78 is 31.9. The number of halogens is 1. The van der Waals surface area contributed by atoms with Crippen molar-refractivity contribution in [1.29, 1.82) is 0 Å². The summed E-state index contributed by atoms with van der Waals surface area (Å²) in [6.07, 6.45) is 1.70. The summed E-state index contributed by atoms with van der Waals surface area (Å²) in [5.74, 6) is -1.20. The van der Waals surface area contributed by atoms with Crippen molar-refractivity contribution in [1.82, 2.24) is 4.31 Å². The number of sulfonamides is 1. The maximum Gasteiger partial charge on any atom is 0.337 e. The van der Waals surface area contributed by atoms with Gasteiger partial charge < -0.3 is 9.84 Å². The van der Waals surface area contributed by atoms with Crippen molar-refractivity contribution < 1.29 is 23.1 Å². The molecule has 8 heteroatoms. The number of likely N-dealkylation sites (N-methyl/N-ethyl adjacent to an activating group) is 1. The van der Waals surface area contributed by atoms with Crippen molar-refractivity contribution >= 4 is 27.6 Å². The second-order valence-electron chi connectivity index (χ2n) is 5.61. The van der Waals surface area contributed by atoms with E-state index in [9.17, 15) is 13.2 Å². The molecule has 0 aliphatic carbocycles. The first-order valence-electron chi connectivity index (χ1n) is 6.79. The molecule has 0 saturated carbocycles. The van der Waals surface area contributed by atoms with Crippen LogP contribution in [0.25, 0.3) is 0 Å². The Morgan fingerprint density at radius 2 is 2.18 bits per heavy atom. The minimum Gasteiger partial charge on any atom is -0.478 e. The largest absolute Gasteiger partial charge is 0.478 e. The molecule has 1 aromatic carbocycles. The molecule has 1 N–H and O–H groups in total. The van der Waals surface area contributed by atoms with Crippen molar-refractivity contribution in [2.75, 3.05) is 20.2 Å². The zero-order valence-corrected chi connectivity index (χ0v) is 13.9. The average Bonchev–Trinajstić information content (AvgIpc) is 2.84. The van der Waals surface area contributed by atoms with Gasteiger partial charge in [0.2, 0.25) is 10.0 Å². The number of ether oxygens (including phenoxy) is 1. The second-order valence-corrected chi connectivity index (χ2v) is 8.06. The third-order valence-electron chi connectivity index (χ3n) is 3.74. The molecule has 1 aromatic rings. The Balaban J connectivity index is 2.26. The highest BCUT2D eigenvalue weighted by Crippen LogP contribution is 2.28. The van der Waals surface area contributed by atoms with Crippen LogP contribution in [-0.2, 0) is 14.8 Å². The van der Waals surface area contributed by atoms with Crippen molar-refractivity contribution in [3.8, 4) is 0 Å². The van der Waals surface area contributed by atoms with Gasteiger partial charge in [0.15, 0.2) is 0 Å². The molecule has 122 valence electrons. The van der Waals surface area contributed by atoms with Crippen molar-refractivity contribution in [3.05, 3.63) is 28.8 Å². The Hall–Kier alpha value is -1.15. The first kappa shape index (κ1) is 17.2. The van der Waals surface area contributed by atoms with Gasteiger partial charge in [-0.15, -0.1) is 0 Å². The van der Waals surface area contributed by atoms with Gasteiger partial charge in [-0.3, -0.25) is 0 Å². The number of carboxylic acid groups (broad SMARTS) is 1. The van der Waals surface area contributed by atoms with Crippen LogP contribution < -0.4 is 0 Å². The molecule has 22 heavy (non-hydrogen) atoms. The average molecular weight is 348 g/mol. The summed E-state index contributed by atoms with van der Waals surface area (Å²) in [4.78, 5) is 10.9. The summed E-state index contributed by atoms with van der Waals surface area (Å²) in [5.41, 5.74) is -0.624. The van der Waals surface area contributed by atoms with Gasteiger partial charge in [-0.2, -0.15) is 4.31 Å². The van der Waals surface area contributed by atoms with Crippen molar-refractivity contribution in [3.63, 3.8) is 0 Å². The Morgan fingerprint density at radius 3 is 2.68 bits per heavy atom. The molecule has 6 nitrogen and oxygen atoms in total. The first-order valence-corrected chi connectivity index (χ1v) is 8.61. The second kappa shape index (κ2) is 6.16. The molecule has 1 saturated heterocycles. The Labute approximate surface area is 134 Å². The van der Waals surface area contributed by atoms with Crippen LogP contribution in [-0.4, -0.2) is 49.6 Å². The van der Waals surface area contributed by atoms with E-state index in [0.29, 0.717) is 6.61 Å². The quantitative estimate of drug-likeness (QED) is 0.883. The van der Waals surface area contributed by atoms with Crippen LogP contribution in [0, 0.1) is 0 Å². The number of hydrogen-bond acceptors (Lipinski definition) is 4. The normalized spacial score (nSPS) is 22.2. The molecule has 1 unspecified atom stereocenters. The highest BCUT2D eigenvalue weighted by molar-refractivity contribution is 7.89. The summed E-state index contributed by atoms with van der Waals surface area (Å²) in [5, 5.41) is 8.83. The molecule has 0 radical (unpaired) electrons. The highest BCUT2D eigenvalue weighted by atomic mass is 35.5. The van der Waals surface area contributed by atoms with Crippen molar-refractivity contribution in [2.45, 2.75) is 30.3 Å². The van der Waals surface area contributed by atoms with E-state index in [0.717, 1.165) is 18.9 Å². The summed E-state index contributed by atoms with van der Waals surface area (Å²) in [6, 6.07) is 3.60. The molecule has 1 atom stereocenters. The molecule has 2 rings (SSSR count). The molecule has 1 heterocycles. The van der Waals surface area contributed by atoms with Crippen LogP contribution in [0.3, 0.4) is 0 Å². The maximum atomic E-state index is 12.6. The number of hydrogen-bond donors (Lipinski definition) is 1.